The van der Waals surface area contributed by atoms with Crippen LogP contribution in [-0.2, 0) is 6.54 Å². The maximum atomic E-state index is 12.5. The normalized spacial score (nSPS) is 14.6. The van der Waals surface area contributed by atoms with Gasteiger partial charge < -0.3 is 10.6 Å². The summed E-state index contributed by atoms with van der Waals surface area (Å²) in [4.78, 5) is 31.9. The van der Waals surface area contributed by atoms with E-state index in [-0.39, 0.29) is 6.03 Å². The molecule has 6 nitrogen and oxygen atoms in total. The second-order valence-electron chi connectivity index (χ2n) is 5.26. The summed E-state index contributed by atoms with van der Waals surface area (Å²) in [6.45, 7) is 3.37. The monoisotopic (exact) mass is 350 g/mol. The van der Waals surface area contributed by atoms with Crippen molar-refractivity contribution in [1.29, 1.82) is 0 Å². The van der Waals surface area contributed by atoms with Gasteiger partial charge in [0.2, 0.25) is 0 Å². The number of urea groups is 1. The van der Waals surface area contributed by atoms with Crippen LogP contribution in [0, 0.1) is 6.92 Å². The van der Waals surface area contributed by atoms with Crippen LogP contribution in [0.25, 0.3) is 0 Å². The summed E-state index contributed by atoms with van der Waals surface area (Å²) < 4.78 is 0. The quantitative estimate of drug-likeness (QED) is 0.920. The first-order valence-electron chi connectivity index (χ1n) is 7.04. The van der Waals surface area contributed by atoms with E-state index in [9.17, 15) is 9.59 Å². The number of nitrogens with zero attached hydrogens (tertiary/aromatic N) is 3. The molecule has 0 spiro atoms. The predicted molar refractivity (Wildman–Crippen MR) is 90.0 cm³/mol. The van der Waals surface area contributed by atoms with Crippen molar-refractivity contribution in [3.05, 3.63) is 45.4 Å². The molecule has 1 aliphatic heterocycles. The van der Waals surface area contributed by atoms with Crippen LogP contribution < -0.4 is 10.6 Å². The van der Waals surface area contributed by atoms with Gasteiger partial charge in [0.25, 0.3) is 5.91 Å². The largest absolute Gasteiger partial charge is 0.365 e. The number of hydrogen-bond acceptors (Lipinski definition) is 4. The van der Waals surface area contributed by atoms with Gasteiger partial charge in [-0.15, -0.1) is 0 Å². The number of anilines is 1. The molecule has 2 aromatic rings. The number of amides is 3. The van der Waals surface area contributed by atoms with E-state index in [1.165, 1.54) is 0 Å². The second kappa shape index (κ2) is 6.17. The van der Waals surface area contributed by atoms with Gasteiger partial charge in [-0.25, -0.2) is 9.78 Å². The van der Waals surface area contributed by atoms with Crippen molar-refractivity contribution in [2.24, 2.45) is 5.73 Å². The molecule has 0 saturated carbocycles. The number of carbonyl (C=O) groups is 2. The predicted octanol–water partition coefficient (Wildman–Crippen LogP) is 2.65. The Morgan fingerprint density at radius 2 is 2.04 bits per heavy atom. The number of hydrogen-bond donors (Lipinski definition) is 1. The molecule has 1 saturated heterocycles. The van der Waals surface area contributed by atoms with Crippen molar-refractivity contribution in [2.75, 3.05) is 18.0 Å². The van der Waals surface area contributed by atoms with Crippen molar-refractivity contribution in [2.45, 2.75) is 13.5 Å². The van der Waals surface area contributed by atoms with Crippen molar-refractivity contribution < 1.29 is 9.59 Å². The van der Waals surface area contributed by atoms with E-state index in [0.29, 0.717) is 40.4 Å². The van der Waals surface area contributed by atoms with Crippen molar-refractivity contribution in [3.63, 3.8) is 0 Å². The zero-order chi connectivity index (χ0) is 16.6. The van der Waals surface area contributed by atoms with Crippen LogP contribution in [0.4, 0.5) is 9.93 Å². The molecule has 120 valence electrons. The molecule has 0 radical (unpaired) electrons. The number of primary amides is 1. The summed E-state index contributed by atoms with van der Waals surface area (Å²) in [5.74, 6) is -0.518. The summed E-state index contributed by atoms with van der Waals surface area (Å²) in [5, 5.41) is 1.18. The number of rotatable bonds is 4. The molecule has 8 heteroatoms. The molecular formula is C15H15ClN4O2S. The third kappa shape index (κ3) is 3.16. The summed E-state index contributed by atoms with van der Waals surface area (Å²) in [6, 6.07) is 7.29. The van der Waals surface area contributed by atoms with E-state index in [0.717, 1.165) is 16.9 Å². The zero-order valence-corrected chi connectivity index (χ0v) is 14.0. The lowest BCUT2D eigenvalue weighted by molar-refractivity contribution is 0.100. The fourth-order valence-corrected chi connectivity index (χ4v) is 3.51. The summed E-state index contributed by atoms with van der Waals surface area (Å²) >= 11 is 7.02. The van der Waals surface area contributed by atoms with E-state index >= 15 is 0 Å². The molecule has 3 amide bonds. The number of carbonyl (C=O) groups excluding carboxylic acids is 2. The van der Waals surface area contributed by atoms with Crippen molar-refractivity contribution in [1.82, 2.24) is 9.88 Å². The highest BCUT2D eigenvalue weighted by molar-refractivity contribution is 7.17. The van der Waals surface area contributed by atoms with Crippen LogP contribution >= 0.6 is 22.9 Å². The summed E-state index contributed by atoms with van der Waals surface area (Å²) in [7, 11) is 0. The van der Waals surface area contributed by atoms with E-state index in [2.05, 4.69) is 4.98 Å². The molecule has 1 aromatic carbocycles. The maximum Gasteiger partial charge on any atom is 0.326 e. The van der Waals surface area contributed by atoms with Gasteiger partial charge in [-0.2, -0.15) is 0 Å². The first-order valence-corrected chi connectivity index (χ1v) is 8.23. The number of aromatic nitrogens is 1. The number of benzene rings is 1. The minimum Gasteiger partial charge on any atom is -0.365 e. The first kappa shape index (κ1) is 15.8. The van der Waals surface area contributed by atoms with Crippen LogP contribution in [0.5, 0.6) is 0 Å². The molecule has 2 N–H and O–H groups in total. The Bertz CT molecular complexity index is 759. The van der Waals surface area contributed by atoms with Crippen LogP contribution in [0.3, 0.4) is 0 Å². The fraction of sp³-hybridized carbons (Fsp3) is 0.267. The minimum atomic E-state index is -0.518. The van der Waals surface area contributed by atoms with Gasteiger partial charge in [-0.05, 0) is 24.6 Å². The summed E-state index contributed by atoms with van der Waals surface area (Å²) in [5.41, 5.74) is 6.88. The smallest absolute Gasteiger partial charge is 0.326 e. The van der Waals surface area contributed by atoms with Gasteiger partial charge in [-0.1, -0.05) is 35.1 Å². The molecule has 3 rings (SSSR count). The minimum absolute atomic E-state index is 0.121. The van der Waals surface area contributed by atoms with E-state index in [1.807, 2.05) is 12.1 Å². The van der Waals surface area contributed by atoms with E-state index in [4.69, 9.17) is 17.3 Å². The Balaban J connectivity index is 1.75. The summed E-state index contributed by atoms with van der Waals surface area (Å²) in [6.07, 6.45) is 0. The molecule has 23 heavy (non-hydrogen) atoms. The molecule has 1 aliphatic rings. The number of aryl methyl sites for hydroxylation is 1. The standard InChI is InChI=1S/C15H15ClN4O2S/c1-9-12(13(17)21)23-14(18-9)20-7-6-19(15(20)22)8-10-2-4-11(16)5-3-10/h2-5H,6-8H2,1H3,(H2,17,21). The number of thiazole rings is 1. The van der Waals surface area contributed by atoms with E-state index in [1.54, 1.807) is 28.9 Å². The maximum absolute atomic E-state index is 12.5. The second-order valence-corrected chi connectivity index (χ2v) is 6.67. The number of nitrogens with two attached hydrogens (primary N) is 1. The van der Waals surface area contributed by atoms with Crippen molar-refractivity contribution in [3.8, 4) is 0 Å². The average molecular weight is 351 g/mol. The highest BCUT2D eigenvalue weighted by Crippen LogP contribution is 2.29. The van der Waals surface area contributed by atoms with Crippen LogP contribution in [0.2, 0.25) is 5.02 Å². The third-order valence-corrected chi connectivity index (χ3v) is 5.07. The average Bonchev–Trinajstić information content (AvgIpc) is 3.05. The third-order valence-electron chi connectivity index (χ3n) is 3.62. The van der Waals surface area contributed by atoms with Gasteiger partial charge >= 0.3 is 6.03 Å². The lowest BCUT2D eigenvalue weighted by Crippen LogP contribution is -2.31. The van der Waals surface area contributed by atoms with Gasteiger partial charge in [0.15, 0.2) is 5.13 Å². The molecular weight excluding hydrogens is 336 g/mol. The zero-order valence-electron chi connectivity index (χ0n) is 12.5. The Hall–Kier alpha value is -2.12. The topological polar surface area (TPSA) is 79.5 Å². The lowest BCUT2D eigenvalue weighted by atomic mass is 10.2. The Morgan fingerprint density at radius 1 is 1.35 bits per heavy atom. The van der Waals surface area contributed by atoms with E-state index < -0.39 is 5.91 Å². The molecule has 0 aliphatic carbocycles. The number of halogens is 1. The highest BCUT2D eigenvalue weighted by Gasteiger charge is 2.32. The Kier molecular flexibility index (Phi) is 4.23. The SMILES string of the molecule is Cc1nc(N2CCN(Cc3ccc(Cl)cc3)C2=O)sc1C(N)=O. The van der Waals surface area contributed by atoms with Crippen LogP contribution in [0.15, 0.2) is 24.3 Å². The lowest BCUT2D eigenvalue weighted by Gasteiger charge is -2.17. The van der Waals surface area contributed by atoms with Gasteiger partial charge in [0, 0.05) is 24.7 Å². The Morgan fingerprint density at radius 3 is 2.65 bits per heavy atom. The Labute approximate surface area is 142 Å². The van der Waals surface area contributed by atoms with Crippen molar-refractivity contribution >= 4 is 40.0 Å². The molecule has 1 aromatic heterocycles. The molecule has 0 bridgehead atoms. The first-order chi connectivity index (χ1) is 11.0. The highest BCUT2D eigenvalue weighted by atomic mass is 35.5. The van der Waals surface area contributed by atoms with Gasteiger partial charge in [-0.3, -0.25) is 9.69 Å². The van der Waals surface area contributed by atoms with Crippen LogP contribution in [-0.4, -0.2) is 34.9 Å². The van der Waals surface area contributed by atoms with Gasteiger partial charge in [0.05, 0.1) is 5.69 Å². The van der Waals surface area contributed by atoms with Crippen LogP contribution in [0.1, 0.15) is 20.9 Å². The fourth-order valence-electron chi connectivity index (χ4n) is 2.44. The molecule has 0 atom stereocenters. The molecule has 0 unspecified atom stereocenters. The molecule has 2 heterocycles. The van der Waals surface area contributed by atoms with Gasteiger partial charge in [0.1, 0.15) is 4.88 Å². The molecule has 1 fully saturated rings.